The summed E-state index contributed by atoms with van der Waals surface area (Å²) in [4.78, 5) is 12.0. The van der Waals surface area contributed by atoms with E-state index >= 15 is 0 Å². The Labute approximate surface area is 142 Å². The molecule has 0 radical (unpaired) electrons. The minimum absolute atomic E-state index is 0.154. The van der Waals surface area contributed by atoms with E-state index in [0.29, 0.717) is 0 Å². The Bertz CT molecular complexity index is 715. The van der Waals surface area contributed by atoms with Gasteiger partial charge in [0.05, 0.1) is 0 Å². The van der Waals surface area contributed by atoms with Crippen LogP contribution in [-0.4, -0.2) is 20.7 Å². The van der Waals surface area contributed by atoms with Crippen molar-refractivity contribution in [2.75, 3.05) is 5.32 Å². The zero-order valence-electron chi connectivity index (χ0n) is 14.0. The molecule has 1 amide bonds. The standard InChI is InChI=1S/C19H24N4O/c24-19(15-6-5-7-15)20-16-11-9-14(10-12-16)18-22-21-17-8-3-1-2-4-13-23(17)18/h9-12,15H,1-8,13H2,(H,20,24). The van der Waals surface area contributed by atoms with Gasteiger partial charge in [-0.3, -0.25) is 4.79 Å². The van der Waals surface area contributed by atoms with Crippen molar-refractivity contribution in [3.05, 3.63) is 30.1 Å². The molecule has 126 valence electrons. The third-order valence-electron chi connectivity index (χ3n) is 5.25. The van der Waals surface area contributed by atoms with Crippen LogP contribution in [0.15, 0.2) is 24.3 Å². The van der Waals surface area contributed by atoms with E-state index in [4.69, 9.17) is 0 Å². The van der Waals surface area contributed by atoms with Crippen LogP contribution in [0.4, 0.5) is 5.69 Å². The molecule has 24 heavy (non-hydrogen) atoms. The van der Waals surface area contributed by atoms with Crippen molar-refractivity contribution in [2.45, 2.75) is 57.9 Å². The Morgan fingerprint density at radius 2 is 1.79 bits per heavy atom. The Kier molecular flexibility index (Phi) is 4.32. The van der Waals surface area contributed by atoms with Crippen LogP contribution >= 0.6 is 0 Å². The Balaban J connectivity index is 1.51. The van der Waals surface area contributed by atoms with Crippen molar-refractivity contribution in [1.29, 1.82) is 0 Å². The second-order valence-corrected chi connectivity index (χ2v) is 6.95. The average molecular weight is 324 g/mol. The van der Waals surface area contributed by atoms with Crippen LogP contribution in [0.2, 0.25) is 0 Å². The summed E-state index contributed by atoms with van der Waals surface area (Å²) in [5.41, 5.74) is 1.93. The maximum Gasteiger partial charge on any atom is 0.227 e. The second-order valence-electron chi connectivity index (χ2n) is 6.95. The number of rotatable bonds is 3. The number of carbonyl (C=O) groups is 1. The van der Waals surface area contributed by atoms with Gasteiger partial charge in [-0.25, -0.2) is 0 Å². The van der Waals surface area contributed by atoms with E-state index in [1.54, 1.807) is 0 Å². The molecule has 1 aromatic heterocycles. The zero-order chi connectivity index (χ0) is 16.4. The third-order valence-corrected chi connectivity index (χ3v) is 5.25. The summed E-state index contributed by atoms with van der Waals surface area (Å²) in [5.74, 6) is 2.42. The predicted octanol–water partition coefficient (Wildman–Crippen LogP) is 3.80. The molecular weight excluding hydrogens is 300 g/mol. The van der Waals surface area contributed by atoms with Gasteiger partial charge in [-0.15, -0.1) is 10.2 Å². The van der Waals surface area contributed by atoms with E-state index in [-0.39, 0.29) is 11.8 Å². The number of benzene rings is 1. The molecule has 0 saturated heterocycles. The summed E-state index contributed by atoms with van der Waals surface area (Å²) in [5, 5.41) is 11.8. The summed E-state index contributed by atoms with van der Waals surface area (Å²) in [6, 6.07) is 8.01. The van der Waals surface area contributed by atoms with Gasteiger partial charge in [-0.2, -0.15) is 0 Å². The van der Waals surface area contributed by atoms with E-state index in [9.17, 15) is 4.79 Å². The molecule has 0 bridgehead atoms. The molecule has 1 aliphatic carbocycles. The molecule has 1 saturated carbocycles. The van der Waals surface area contributed by atoms with Crippen molar-refractivity contribution < 1.29 is 4.79 Å². The number of amides is 1. The number of nitrogens with zero attached hydrogens (tertiary/aromatic N) is 3. The molecule has 5 heteroatoms. The largest absolute Gasteiger partial charge is 0.326 e. The maximum atomic E-state index is 12.0. The van der Waals surface area contributed by atoms with Crippen LogP contribution in [0.25, 0.3) is 11.4 Å². The number of hydrogen-bond donors (Lipinski definition) is 1. The molecule has 2 heterocycles. The molecule has 1 fully saturated rings. The Hall–Kier alpha value is -2.17. The van der Waals surface area contributed by atoms with Crippen molar-refractivity contribution >= 4 is 11.6 Å². The Morgan fingerprint density at radius 3 is 2.54 bits per heavy atom. The van der Waals surface area contributed by atoms with Gasteiger partial charge >= 0.3 is 0 Å². The van der Waals surface area contributed by atoms with Gasteiger partial charge in [-0.05, 0) is 49.9 Å². The van der Waals surface area contributed by atoms with E-state index in [1.165, 1.54) is 32.1 Å². The quantitative estimate of drug-likeness (QED) is 0.934. The number of hydrogen-bond acceptors (Lipinski definition) is 3. The molecule has 0 unspecified atom stereocenters. The molecular formula is C19H24N4O. The molecule has 1 N–H and O–H groups in total. The highest BCUT2D eigenvalue weighted by atomic mass is 16.1. The van der Waals surface area contributed by atoms with Crippen LogP contribution in [-0.2, 0) is 17.8 Å². The molecule has 5 nitrogen and oxygen atoms in total. The Morgan fingerprint density at radius 1 is 1.00 bits per heavy atom. The van der Waals surface area contributed by atoms with Gasteiger partial charge in [-0.1, -0.05) is 19.3 Å². The lowest BCUT2D eigenvalue weighted by Gasteiger charge is -2.24. The van der Waals surface area contributed by atoms with E-state index < -0.39 is 0 Å². The third kappa shape index (κ3) is 3.07. The highest BCUT2D eigenvalue weighted by Gasteiger charge is 2.25. The monoisotopic (exact) mass is 324 g/mol. The fourth-order valence-corrected chi connectivity index (χ4v) is 3.49. The summed E-state index contributed by atoms with van der Waals surface area (Å²) < 4.78 is 2.26. The van der Waals surface area contributed by atoms with Crippen LogP contribution in [0.5, 0.6) is 0 Å². The van der Waals surface area contributed by atoms with Crippen molar-refractivity contribution in [3.63, 3.8) is 0 Å². The van der Waals surface area contributed by atoms with Crippen molar-refractivity contribution in [3.8, 4) is 11.4 Å². The number of carbonyl (C=O) groups excluding carboxylic acids is 1. The first-order valence-electron chi connectivity index (χ1n) is 9.14. The number of nitrogens with one attached hydrogen (secondary N) is 1. The highest BCUT2D eigenvalue weighted by Crippen LogP contribution is 2.28. The molecule has 2 aromatic rings. The van der Waals surface area contributed by atoms with E-state index in [0.717, 1.165) is 48.7 Å². The second kappa shape index (κ2) is 6.75. The SMILES string of the molecule is O=C(Nc1ccc(-c2nnc3n2CCCCCC3)cc1)C1CCC1. The van der Waals surface area contributed by atoms with E-state index in [2.05, 4.69) is 20.1 Å². The van der Waals surface area contributed by atoms with Crippen LogP contribution in [0.3, 0.4) is 0 Å². The van der Waals surface area contributed by atoms with Gasteiger partial charge < -0.3 is 9.88 Å². The topological polar surface area (TPSA) is 59.8 Å². The summed E-state index contributed by atoms with van der Waals surface area (Å²) in [6.45, 7) is 0.998. The first kappa shape index (κ1) is 15.4. The summed E-state index contributed by atoms with van der Waals surface area (Å²) in [6.07, 6.45) is 9.20. The predicted molar refractivity (Wildman–Crippen MR) is 93.6 cm³/mol. The number of anilines is 1. The number of fused-ring (bicyclic) bond motifs is 1. The minimum Gasteiger partial charge on any atom is -0.326 e. The van der Waals surface area contributed by atoms with Crippen LogP contribution < -0.4 is 5.32 Å². The minimum atomic E-state index is 0.154. The first-order chi connectivity index (χ1) is 11.8. The molecule has 1 aromatic carbocycles. The van der Waals surface area contributed by atoms with Crippen molar-refractivity contribution in [1.82, 2.24) is 14.8 Å². The number of aromatic nitrogens is 3. The van der Waals surface area contributed by atoms with Gasteiger partial charge in [0.15, 0.2) is 5.82 Å². The smallest absolute Gasteiger partial charge is 0.227 e. The van der Waals surface area contributed by atoms with Crippen molar-refractivity contribution in [2.24, 2.45) is 5.92 Å². The lowest BCUT2D eigenvalue weighted by molar-refractivity contribution is -0.122. The molecule has 2 aliphatic rings. The molecule has 0 spiro atoms. The molecule has 1 aliphatic heterocycles. The molecule has 4 rings (SSSR count). The van der Waals surface area contributed by atoms with Gasteiger partial charge in [0.25, 0.3) is 0 Å². The normalized spacial score (nSPS) is 18.2. The molecule has 0 atom stereocenters. The average Bonchev–Trinajstić information content (AvgIpc) is 2.88. The fourth-order valence-electron chi connectivity index (χ4n) is 3.49. The van der Waals surface area contributed by atoms with Gasteiger partial charge in [0.1, 0.15) is 5.82 Å². The van der Waals surface area contributed by atoms with Gasteiger partial charge in [0, 0.05) is 30.1 Å². The van der Waals surface area contributed by atoms with Gasteiger partial charge in [0.2, 0.25) is 5.91 Å². The lowest BCUT2D eigenvalue weighted by Crippen LogP contribution is -2.27. The lowest BCUT2D eigenvalue weighted by atomic mass is 9.85. The summed E-state index contributed by atoms with van der Waals surface area (Å²) in [7, 11) is 0. The maximum absolute atomic E-state index is 12.0. The fraction of sp³-hybridized carbons (Fsp3) is 0.526. The number of aryl methyl sites for hydroxylation is 1. The summed E-state index contributed by atoms with van der Waals surface area (Å²) >= 11 is 0. The zero-order valence-corrected chi connectivity index (χ0v) is 14.0. The highest BCUT2D eigenvalue weighted by molar-refractivity contribution is 5.93. The first-order valence-corrected chi connectivity index (χ1v) is 9.14. The van der Waals surface area contributed by atoms with E-state index in [1.807, 2.05) is 24.3 Å². The van der Waals surface area contributed by atoms with Crippen LogP contribution in [0, 0.1) is 5.92 Å². The van der Waals surface area contributed by atoms with Crippen LogP contribution in [0.1, 0.15) is 50.8 Å².